The zero-order chi connectivity index (χ0) is 16.4. The molecule has 0 radical (unpaired) electrons. The molecule has 2 N–H and O–H groups in total. The summed E-state index contributed by atoms with van der Waals surface area (Å²) in [6, 6.07) is 8.70. The summed E-state index contributed by atoms with van der Waals surface area (Å²) in [5.74, 6) is -0.983. The van der Waals surface area contributed by atoms with Crippen molar-refractivity contribution in [1.82, 2.24) is 15.0 Å². The maximum absolute atomic E-state index is 12.4. The van der Waals surface area contributed by atoms with Crippen molar-refractivity contribution in [1.29, 1.82) is 0 Å². The van der Waals surface area contributed by atoms with Crippen LogP contribution in [0.25, 0.3) is 11.0 Å². The molecule has 0 bridgehead atoms. The standard InChI is InChI=1S/C16H14N4O3/c1-9-8-12(13(18-9)16(22)23-2)20-15(21)11-6-5-10-4-3-7-17-14(10)19-11/h3-8,18H,1-2H3,(H,20,21). The van der Waals surface area contributed by atoms with Gasteiger partial charge in [0.2, 0.25) is 0 Å². The molecule has 1 amide bonds. The number of carbonyl (C=O) groups is 2. The number of amides is 1. The Morgan fingerprint density at radius 3 is 2.87 bits per heavy atom. The lowest BCUT2D eigenvalue weighted by molar-refractivity contribution is 0.0596. The number of nitrogens with one attached hydrogen (secondary N) is 2. The number of fused-ring (bicyclic) bond motifs is 1. The molecule has 23 heavy (non-hydrogen) atoms. The molecule has 3 aromatic heterocycles. The van der Waals surface area contributed by atoms with Gasteiger partial charge in [-0.05, 0) is 37.3 Å². The summed E-state index contributed by atoms with van der Waals surface area (Å²) in [5.41, 5.74) is 1.97. The lowest BCUT2D eigenvalue weighted by Crippen LogP contribution is -2.16. The van der Waals surface area contributed by atoms with Crippen LogP contribution in [0.3, 0.4) is 0 Å². The van der Waals surface area contributed by atoms with Gasteiger partial charge in [0.25, 0.3) is 5.91 Å². The van der Waals surface area contributed by atoms with Gasteiger partial charge in [0.1, 0.15) is 11.4 Å². The van der Waals surface area contributed by atoms with Crippen LogP contribution in [0.2, 0.25) is 0 Å². The Balaban J connectivity index is 1.90. The van der Waals surface area contributed by atoms with E-state index in [9.17, 15) is 9.59 Å². The molecule has 3 aromatic rings. The number of rotatable bonds is 3. The minimum atomic E-state index is -0.554. The van der Waals surface area contributed by atoms with Gasteiger partial charge >= 0.3 is 5.97 Å². The second-order valence-corrected chi connectivity index (χ2v) is 4.93. The van der Waals surface area contributed by atoms with E-state index in [4.69, 9.17) is 0 Å². The van der Waals surface area contributed by atoms with Gasteiger partial charge in [0.15, 0.2) is 5.65 Å². The lowest BCUT2D eigenvalue weighted by atomic mass is 10.2. The average Bonchev–Trinajstić information content (AvgIpc) is 2.94. The van der Waals surface area contributed by atoms with E-state index in [0.29, 0.717) is 11.3 Å². The number of nitrogens with zero attached hydrogens (tertiary/aromatic N) is 2. The van der Waals surface area contributed by atoms with E-state index in [1.54, 1.807) is 37.4 Å². The number of aromatic nitrogens is 3. The highest BCUT2D eigenvalue weighted by atomic mass is 16.5. The number of carbonyl (C=O) groups excluding carboxylic acids is 2. The molecule has 0 unspecified atom stereocenters. The Bertz CT molecular complexity index is 901. The third-order valence-electron chi connectivity index (χ3n) is 3.29. The van der Waals surface area contributed by atoms with Gasteiger partial charge in [0, 0.05) is 17.3 Å². The topological polar surface area (TPSA) is 97.0 Å². The Morgan fingerprint density at radius 2 is 2.09 bits per heavy atom. The van der Waals surface area contributed by atoms with Crippen LogP contribution in [0.1, 0.15) is 26.7 Å². The van der Waals surface area contributed by atoms with Gasteiger partial charge in [-0.3, -0.25) is 4.79 Å². The first-order chi connectivity index (χ1) is 11.1. The first-order valence-corrected chi connectivity index (χ1v) is 6.89. The van der Waals surface area contributed by atoms with Gasteiger partial charge in [0.05, 0.1) is 12.8 Å². The van der Waals surface area contributed by atoms with Crippen molar-refractivity contribution in [2.24, 2.45) is 0 Å². The highest BCUT2D eigenvalue weighted by Crippen LogP contribution is 2.19. The molecule has 0 atom stereocenters. The summed E-state index contributed by atoms with van der Waals surface area (Å²) >= 11 is 0. The van der Waals surface area contributed by atoms with E-state index in [-0.39, 0.29) is 11.4 Å². The summed E-state index contributed by atoms with van der Waals surface area (Å²) in [7, 11) is 1.28. The fraction of sp³-hybridized carbons (Fsp3) is 0.125. The number of aryl methyl sites for hydroxylation is 1. The number of hydrogen-bond acceptors (Lipinski definition) is 5. The van der Waals surface area contributed by atoms with E-state index in [2.05, 4.69) is 25.0 Å². The summed E-state index contributed by atoms with van der Waals surface area (Å²) < 4.78 is 4.69. The van der Waals surface area contributed by atoms with Crippen molar-refractivity contribution in [3.8, 4) is 0 Å². The van der Waals surface area contributed by atoms with Crippen LogP contribution < -0.4 is 5.32 Å². The van der Waals surface area contributed by atoms with Crippen molar-refractivity contribution in [2.45, 2.75) is 6.92 Å². The number of H-pyrrole nitrogens is 1. The molecule has 0 saturated carbocycles. The number of methoxy groups -OCH3 is 1. The van der Waals surface area contributed by atoms with Gasteiger partial charge in [-0.1, -0.05) is 0 Å². The second-order valence-electron chi connectivity index (χ2n) is 4.93. The SMILES string of the molecule is COC(=O)c1[nH]c(C)cc1NC(=O)c1ccc2cccnc2n1. The van der Waals surface area contributed by atoms with Crippen LogP contribution >= 0.6 is 0 Å². The van der Waals surface area contributed by atoms with E-state index in [0.717, 1.165) is 11.1 Å². The van der Waals surface area contributed by atoms with Crippen molar-refractivity contribution >= 4 is 28.6 Å². The Labute approximate surface area is 131 Å². The molecule has 3 rings (SSSR count). The zero-order valence-electron chi connectivity index (χ0n) is 12.6. The Hall–Kier alpha value is -3.22. The number of esters is 1. The number of hydrogen-bond donors (Lipinski definition) is 2. The first kappa shape index (κ1) is 14.7. The number of anilines is 1. The van der Waals surface area contributed by atoms with E-state index < -0.39 is 11.9 Å². The van der Waals surface area contributed by atoms with Gasteiger partial charge in [-0.25, -0.2) is 14.8 Å². The van der Waals surface area contributed by atoms with Crippen molar-refractivity contribution in [2.75, 3.05) is 12.4 Å². The van der Waals surface area contributed by atoms with Crippen LogP contribution in [0, 0.1) is 6.92 Å². The average molecular weight is 310 g/mol. The summed E-state index contributed by atoms with van der Waals surface area (Å²) in [4.78, 5) is 35.3. The molecule has 0 aliphatic carbocycles. The van der Waals surface area contributed by atoms with Crippen molar-refractivity contribution in [3.05, 3.63) is 53.6 Å². The molecule has 0 aromatic carbocycles. The van der Waals surface area contributed by atoms with E-state index >= 15 is 0 Å². The van der Waals surface area contributed by atoms with Gasteiger partial charge < -0.3 is 15.0 Å². The van der Waals surface area contributed by atoms with Crippen LogP contribution in [0.4, 0.5) is 5.69 Å². The smallest absolute Gasteiger partial charge is 0.356 e. The molecule has 0 saturated heterocycles. The third-order valence-corrected chi connectivity index (χ3v) is 3.29. The van der Waals surface area contributed by atoms with E-state index in [1.165, 1.54) is 7.11 Å². The first-order valence-electron chi connectivity index (χ1n) is 6.89. The highest BCUT2D eigenvalue weighted by Gasteiger charge is 2.18. The molecule has 7 heteroatoms. The molecule has 0 fully saturated rings. The van der Waals surface area contributed by atoms with Crippen LogP contribution in [-0.4, -0.2) is 33.9 Å². The monoisotopic (exact) mass is 310 g/mol. The Kier molecular flexibility index (Phi) is 3.76. The molecule has 0 spiro atoms. The largest absolute Gasteiger partial charge is 0.464 e. The molecule has 116 valence electrons. The lowest BCUT2D eigenvalue weighted by Gasteiger charge is -2.05. The maximum Gasteiger partial charge on any atom is 0.356 e. The third kappa shape index (κ3) is 2.89. The molecular weight excluding hydrogens is 296 g/mol. The molecule has 3 heterocycles. The highest BCUT2D eigenvalue weighted by molar-refractivity contribution is 6.07. The molecule has 7 nitrogen and oxygen atoms in total. The number of pyridine rings is 2. The maximum atomic E-state index is 12.4. The predicted octanol–water partition coefficient (Wildman–Crippen LogP) is 2.31. The quantitative estimate of drug-likeness (QED) is 0.723. The fourth-order valence-corrected chi connectivity index (χ4v) is 2.22. The molecular formula is C16H14N4O3. The number of ether oxygens (including phenoxy) is 1. The fourth-order valence-electron chi connectivity index (χ4n) is 2.22. The molecule has 0 aliphatic heterocycles. The van der Waals surface area contributed by atoms with Crippen molar-refractivity contribution in [3.63, 3.8) is 0 Å². The van der Waals surface area contributed by atoms with Crippen LogP contribution in [-0.2, 0) is 4.74 Å². The Morgan fingerprint density at radius 1 is 1.26 bits per heavy atom. The minimum Gasteiger partial charge on any atom is -0.464 e. The summed E-state index contributed by atoms with van der Waals surface area (Å²) in [6.45, 7) is 1.78. The second kappa shape index (κ2) is 5.88. The predicted molar refractivity (Wildman–Crippen MR) is 84.4 cm³/mol. The minimum absolute atomic E-state index is 0.192. The van der Waals surface area contributed by atoms with Gasteiger partial charge in [-0.2, -0.15) is 0 Å². The normalized spacial score (nSPS) is 10.5. The van der Waals surface area contributed by atoms with Gasteiger partial charge in [-0.15, -0.1) is 0 Å². The van der Waals surface area contributed by atoms with E-state index in [1.807, 2.05) is 6.07 Å². The molecule has 0 aliphatic rings. The van der Waals surface area contributed by atoms with Crippen LogP contribution in [0.15, 0.2) is 36.5 Å². The number of aromatic amines is 1. The van der Waals surface area contributed by atoms with Crippen LogP contribution in [0.5, 0.6) is 0 Å². The summed E-state index contributed by atoms with van der Waals surface area (Å²) in [6.07, 6.45) is 1.61. The zero-order valence-corrected chi connectivity index (χ0v) is 12.6. The van der Waals surface area contributed by atoms with Crippen molar-refractivity contribution < 1.29 is 14.3 Å². The summed E-state index contributed by atoms with van der Waals surface area (Å²) in [5, 5.41) is 3.51.